The van der Waals surface area contributed by atoms with Crippen molar-refractivity contribution in [1.29, 1.82) is 0 Å². The zero-order valence-electron chi connectivity index (χ0n) is 13.5. The number of halogens is 6. The molecule has 0 spiro atoms. The van der Waals surface area contributed by atoms with E-state index in [1.807, 2.05) is 0 Å². The molecule has 1 fully saturated rings. The quantitative estimate of drug-likeness (QED) is 0.327. The summed E-state index contributed by atoms with van der Waals surface area (Å²) in [6.07, 6.45) is 2.92. The molecular formula is C19H16F6. The molecule has 0 aliphatic heterocycles. The van der Waals surface area contributed by atoms with Gasteiger partial charge < -0.3 is 0 Å². The summed E-state index contributed by atoms with van der Waals surface area (Å²) in [6, 6.07) is 1.77. The highest BCUT2D eigenvalue weighted by atomic mass is 19.2. The van der Waals surface area contributed by atoms with E-state index in [9.17, 15) is 26.3 Å². The van der Waals surface area contributed by atoms with E-state index in [1.165, 1.54) is 0 Å². The Hall–Kier alpha value is -1.98. The van der Waals surface area contributed by atoms with Crippen molar-refractivity contribution in [2.24, 2.45) is 5.92 Å². The molecule has 0 nitrogen and oxygen atoms in total. The van der Waals surface area contributed by atoms with Gasteiger partial charge >= 0.3 is 0 Å². The zero-order chi connectivity index (χ0) is 18.3. The second kappa shape index (κ2) is 6.73. The lowest BCUT2D eigenvalue weighted by atomic mass is 9.79. The Morgan fingerprint density at radius 1 is 0.680 bits per heavy atom. The highest BCUT2D eigenvalue weighted by molar-refractivity contribution is 5.66. The molecule has 0 heterocycles. The minimum Gasteiger partial charge on any atom is -0.206 e. The minimum atomic E-state index is -1.75. The van der Waals surface area contributed by atoms with Gasteiger partial charge in [0.15, 0.2) is 29.1 Å². The Labute approximate surface area is 141 Å². The molecule has 0 N–H and O–H groups in total. The van der Waals surface area contributed by atoms with Crippen molar-refractivity contribution in [3.63, 3.8) is 0 Å². The summed E-state index contributed by atoms with van der Waals surface area (Å²) in [7, 11) is 0. The van der Waals surface area contributed by atoms with E-state index in [4.69, 9.17) is 0 Å². The van der Waals surface area contributed by atoms with Crippen molar-refractivity contribution >= 4 is 0 Å². The van der Waals surface area contributed by atoms with Crippen molar-refractivity contribution < 1.29 is 26.3 Å². The summed E-state index contributed by atoms with van der Waals surface area (Å²) >= 11 is 0. The Kier molecular flexibility index (Phi) is 4.80. The van der Waals surface area contributed by atoms with Gasteiger partial charge in [0.25, 0.3) is 0 Å². The van der Waals surface area contributed by atoms with E-state index in [0.29, 0.717) is 30.9 Å². The molecule has 2 aromatic carbocycles. The maximum absolute atomic E-state index is 14.5. The topological polar surface area (TPSA) is 0 Å². The third-order valence-electron chi connectivity index (χ3n) is 4.91. The van der Waals surface area contributed by atoms with E-state index >= 15 is 0 Å². The van der Waals surface area contributed by atoms with Crippen molar-refractivity contribution in [2.75, 3.05) is 0 Å². The van der Waals surface area contributed by atoms with Crippen molar-refractivity contribution in [2.45, 2.75) is 38.5 Å². The first-order valence-corrected chi connectivity index (χ1v) is 8.11. The van der Waals surface area contributed by atoms with Crippen LogP contribution in [0.4, 0.5) is 26.3 Å². The van der Waals surface area contributed by atoms with Crippen LogP contribution in [0.3, 0.4) is 0 Å². The maximum atomic E-state index is 14.5. The number of hydrogen-bond acceptors (Lipinski definition) is 0. The Bertz CT molecular complexity index is 783. The average Bonchev–Trinajstić information content (AvgIpc) is 2.57. The van der Waals surface area contributed by atoms with Crippen LogP contribution in [-0.4, -0.2) is 0 Å². The molecule has 6 heteroatoms. The summed E-state index contributed by atoms with van der Waals surface area (Å²) in [6.45, 7) is 2.06. The predicted molar refractivity (Wildman–Crippen MR) is 82.0 cm³/mol. The standard InChI is InChI=1S/C19H16F6/c1-9-2-4-10(5-3-9)12-8-13(20)16(19(25)17(12)23)11-6-14(21)18(24)15(22)7-11/h6-10H,2-5H2,1H3. The molecule has 25 heavy (non-hydrogen) atoms. The van der Waals surface area contributed by atoms with Crippen molar-refractivity contribution in [3.8, 4) is 11.1 Å². The zero-order valence-corrected chi connectivity index (χ0v) is 13.5. The third-order valence-corrected chi connectivity index (χ3v) is 4.91. The fraction of sp³-hybridized carbons (Fsp3) is 0.368. The highest BCUT2D eigenvalue weighted by Gasteiger charge is 2.28. The van der Waals surface area contributed by atoms with Crippen LogP contribution in [0.2, 0.25) is 0 Å². The van der Waals surface area contributed by atoms with Gasteiger partial charge in [-0.3, -0.25) is 0 Å². The molecule has 134 valence electrons. The van der Waals surface area contributed by atoms with Crippen LogP contribution in [0.1, 0.15) is 44.1 Å². The summed E-state index contributed by atoms with van der Waals surface area (Å²) in [5.41, 5.74) is -1.55. The van der Waals surface area contributed by atoms with Gasteiger partial charge in [0.05, 0.1) is 5.56 Å². The first-order valence-electron chi connectivity index (χ1n) is 8.11. The Morgan fingerprint density at radius 2 is 1.24 bits per heavy atom. The van der Waals surface area contributed by atoms with Crippen LogP contribution in [0, 0.1) is 40.8 Å². The molecule has 0 aromatic heterocycles. The molecule has 1 aliphatic rings. The molecule has 0 amide bonds. The molecule has 0 bridgehead atoms. The van der Waals surface area contributed by atoms with Crippen molar-refractivity contribution in [1.82, 2.24) is 0 Å². The maximum Gasteiger partial charge on any atom is 0.194 e. The fourth-order valence-corrected chi connectivity index (χ4v) is 3.45. The fourth-order valence-electron chi connectivity index (χ4n) is 3.45. The molecular weight excluding hydrogens is 342 g/mol. The molecule has 1 aliphatic carbocycles. The third kappa shape index (κ3) is 3.26. The van der Waals surface area contributed by atoms with E-state index < -0.39 is 46.0 Å². The van der Waals surface area contributed by atoms with Gasteiger partial charge in [-0.15, -0.1) is 0 Å². The Morgan fingerprint density at radius 3 is 1.80 bits per heavy atom. The summed E-state index contributed by atoms with van der Waals surface area (Å²) < 4.78 is 83.1. The highest BCUT2D eigenvalue weighted by Crippen LogP contribution is 2.40. The monoisotopic (exact) mass is 358 g/mol. The smallest absolute Gasteiger partial charge is 0.194 e. The van der Waals surface area contributed by atoms with Crippen LogP contribution in [-0.2, 0) is 0 Å². The van der Waals surface area contributed by atoms with Gasteiger partial charge in [-0.2, -0.15) is 0 Å². The average molecular weight is 358 g/mol. The minimum absolute atomic E-state index is 0.0614. The predicted octanol–water partition coefficient (Wildman–Crippen LogP) is 6.48. The first kappa shape index (κ1) is 17.8. The van der Waals surface area contributed by atoms with Crippen LogP contribution in [0.25, 0.3) is 11.1 Å². The largest absolute Gasteiger partial charge is 0.206 e. The van der Waals surface area contributed by atoms with Crippen LogP contribution >= 0.6 is 0 Å². The van der Waals surface area contributed by atoms with Gasteiger partial charge in [0, 0.05) is 0 Å². The summed E-state index contributed by atoms with van der Waals surface area (Å²) in [5.74, 6) is -8.62. The lowest BCUT2D eigenvalue weighted by molar-refractivity contribution is 0.338. The number of hydrogen-bond donors (Lipinski definition) is 0. The summed E-state index contributed by atoms with van der Waals surface area (Å²) in [4.78, 5) is 0. The van der Waals surface area contributed by atoms with Gasteiger partial charge in [0.2, 0.25) is 0 Å². The molecule has 1 saturated carbocycles. The Balaban J connectivity index is 2.07. The van der Waals surface area contributed by atoms with E-state index in [-0.39, 0.29) is 11.5 Å². The van der Waals surface area contributed by atoms with E-state index in [1.54, 1.807) is 0 Å². The van der Waals surface area contributed by atoms with Crippen LogP contribution in [0.15, 0.2) is 18.2 Å². The molecule has 0 atom stereocenters. The van der Waals surface area contributed by atoms with Gasteiger partial charge in [0.1, 0.15) is 5.82 Å². The molecule has 3 rings (SSSR count). The number of rotatable bonds is 2. The van der Waals surface area contributed by atoms with Crippen molar-refractivity contribution in [3.05, 3.63) is 58.7 Å². The van der Waals surface area contributed by atoms with Gasteiger partial charge in [-0.1, -0.05) is 19.8 Å². The SMILES string of the molecule is CC1CCC(c2cc(F)c(-c3cc(F)c(F)c(F)c3)c(F)c2F)CC1. The van der Waals surface area contributed by atoms with Crippen LogP contribution in [0.5, 0.6) is 0 Å². The molecule has 0 saturated heterocycles. The molecule has 0 unspecified atom stereocenters. The lowest BCUT2D eigenvalue weighted by Crippen LogP contribution is -2.14. The van der Waals surface area contributed by atoms with E-state index in [2.05, 4.69) is 6.92 Å². The second-order valence-corrected chi connectivity index (χ2v) is 6.66. The lowest BCUT2D eigenvalue weighted by Gasteiger charge is -2.27. The first-order chi connectivity index (χ1) is 11.8. The molecule has 0 radical (unpaired) electrons. The molecule has 2 aromatic rings. The normalized spacial score (nSPS) is 20.8. The van der Waals surface area contributed by atoms with E-state index in [0.717, 1.165) is 18.9 Å². The van der Waals surface area contributed by atoms with Gasteiger partial charge in [-0.25, -0.2) is 26.3 Å². The second-order valence-electron chi connectivity index (χ2n) is 6.66. The van der Waals surface area contributed by atoms with Gasteiger partial charge in [-0.05, 0) is 54.0 Å². The van der Waals surface area contributed by atoms with Crippen LogP contribution < -0.4 is 0 Å². The number of benzene rings is 2. The summed E-state index contributed by atoms with van der Waals surface area (Å²) in [5, 5.41) is 0.